The van der Waals surface area contributed by atoms with Crippen LogP contribution in [0.5, 0.6) is 11.5 Å². The minimum absolute atomic E-state index is 0.0253. The van der Waals surface area contributed by atoms with Gasteiger partial charge >= 0.3 is 12.1 Å². The number of hydrogen-bond donors (Lipinski definition) is 1. The standard InChI is InChI=1S/C26H22F3NO4/c27-26(28,29)25(32)30-21-13-11-20-19(23(21)31)12-14-22(33-15-17-7-3-1-4-8-17)24(20)34-16-18-9-5-2-6-10-18/h1-10,12,14,21H,11,13,15-16H2,(H,30,32). The second kappa shape index (κ2) is 9.99. The number of ether oxygens (including phenoxy) is 2. The monoisotopic (exact) mass is 469 g/mol. The third-order valence-corrected chi connectivity index (χ3v) is 5.52. The van der Waals surface area contributed by atoms with Crippen molar-refractivity contribution in [1.29, 1.82) is 0 Å². The summed E-state index contributed by atoms with van der Waals surface area (Å²) in [4.78, 5) is 24.3. The Morgan fingerprint density at radius 1 is 0.882 bits per heavy atom. The molecule has 0 saturated heterocycles. The smallest absolute Gasteiger partial charge is 0.471 e. The second-order valence-corrected chi connectivity index (χ2v) is 7.89. The summed E-state index contributed by atoms with van der Waals surface area (Å²) in [6.07, 6.45) is -4.78. The quantitative estimate of drug-likeness (QED) is 0.528. The number of halogens is 3. The zero-order valence-corrected chi connectivity index (χ0v) is 18.1. The van der Waals surface area contributed by atoms with E-state index in [0.717, 1.165) is 11.1 Å². The van der Waals surface area contributed by atoms with Crippen LogP contribution >= 0.6 is 0 Å². The number of amides is 1. The number of nitrogens with one attached hydrogen (secondary N) is 1. The van der Waals surface area contributed by atoms with Gasteiger partial charge in [0.25, 0.3) is 0 Å². The predicted octanol–water partition coefficient (Wildman–Crippen LogP) is 5.02. The van der Waals surface area contributed by atoms with Crippen molar-refractivity contribution >= 4 is 11.7 Å². The molecule has 1 atom stereocenters. The van der Waals surface area contributed by atoms with Crippen LogP contribution in [0.4, 0.5) is 13.2 Å². The molecule has 0 bridgehead atoms. The first-order valence-corrected chi connectivity index (χ1v) is 10.7. The van der Waals surface area contributed by atoms with E-state index in [4.69, 9.17) is 9.47 Å². The topological polar surface area (TPSA) is 64.6 Å². The molecule has 1 aliphatic carbocycles. The van der Waals surface area contributed by atoms with E-state index in [-0.39, 0.29) is 31.6 Å². The minimum atomic E-state index is -5.06. The minimum Gasteiger partial charge on any atom is -0.485 e. The largest absolute Gasteiger partial charge is 0.485 e. The van der Waals surface area contributed by atoms with Crippen molar-refractivity contribution in [3.8, 4) is 11.5 Å². The van der Waals surface area contributed by atoms with Crippen LogP contribution in [0.2, 0.25) is 0 Å². The molecule has 5 nitrogen and oxygen atoms in total. The van der Waals surface area contributed by atoms with Gasteiger partial charge in [0.15, 0.2) is 17.3 Å². The third-order valence-electron chi connectivity index (χ3n) is 5.52. The number of carbonyl (C=O) groups excluding carboxylic acids is 2. The molecular formula is C26H22F3NO4. The maximum atomic E-state index is 12.9. The summed E-state index contributed by atoms with van der Waals surface area (Å²) in [6.45, 7) is 0.501. The summed E-state index contributed by atoms with van der Waals surface area (Å²) in [5.41, 5.74) is 2.63. The molecule has 0 radical (unpaired) electrons. The number of Topliss-reactive ketones (excluding diaryl/α,β-unsaturated/α-hetero) is 1. The number of ketones is 1. The van der Waals surface area contributed by atoms with Gasteiger partial charge in [-0.15, -0.1) is 0 Å². The van der Waals surface area contributed by atoms with E-state index in [1.54, 1.807) is 11.4 Å². The summed E-state index contributed by atoms with van der Waals surface area (Å²) in [5, 5.41) is 1.80. The molecule has 1 amide bonds. The van der Waals surface area contributed by atoms with Gasteiger partial charge in [-0.3, -0.25) is 9.59 Å². The summed E-state index contributed by atoms with van der Waals surface area (Å²) in [6, 6.07) is 20.8. The van der Waals surface area contributed by atoms with Gasteiger partial charge in [-0.1, -0.05) is 60.7 Å². The van der Waals surface area contributed by atoms with E-state index in [1.807, 2.05) is 60.7 Å². The van der Waals surface area contributed by atoms with Gasteiger partial charge in [-0.05, 0) is 36.1 Å². The molecule has 1 aliphatic rings. The van der Waals surface area contributed by atoms with E-state index < -0.39 is 23.9 Å². The Kier molecular flexibility index (Phi) is 6.86. The van der Waals surface area contributed by atoms with Crippen LogP contribution in [0.3, 0.4) is 0 Å². The van der Waals surface area contributed by atoms with Gasteiger partial charge in [0.05, 0.1) is 6.04 Å². The van der Waals surface area contributed by atoms with Gasteiger partial charge < -0.3 is 14.8 Å². The Morgan fingerprint density at radius 2 is 1.47 bits per heavy atom. The summed E-state index contributed by atoms with van der Waals surface area (Å²) in [5.74, 6) is -1.90. The fourth-order valence-corrected chi connectivity index (χ4v) is 3.81. The van der Waals surface area contributed by atoms with Crippen molar-refractivity contribution in [1.82, 2.24) is 5.32 Å². The molecule has 0 heterocycles. The van der Waals surface area contributed by atoms with Gasteiger partial charge in [0.2, 0.25) is 0 Å². The Balaban J connectivity index is 1.60. The first-order valence-electron chi connectivity index (χ1n) is 10.7. The van der Waals surface area contributed by atoms with Crippen molar-refractivity contribution in [3.63, 3.8) is 0 Å². The molecule has 1 N–H and O–H groups in total. The van der Waals surface area contributed by atoms with Gasteiger partial charge in [-0.2, -0.15) is 13.2 Å². The van der Waals surface area contributed by atoms with Crippen LogP contribution in [0.15, 0.2) is 72.8 Å². The van der Waals surface area contributed by atoms with E-state index in [0.29, 0.717) is 17.1 Å². The fourth-order valence-electron chi connectivity index (χ4n) is 3.81. The van der Waals surface area contributed by atoms with E-state index in [2.05, 4.69) is 0 Å². The first-order chi connectivity index (χ1) is 16.3. The Hall–Kier alpha value is -3.81. The van der Waals surface area contributed by atoms with Crippen molar-refractivity contribution in [2.45, 2.75) is 38.3 Å². The molecule has 4 rings (SSSR count). The molecule has 0 aliphatic heterocycles. The molecule has 0 saturated carbocycles. The van der Waals surface area contributed by atoms with E-state index in [1.165, 1.54) is 6.07 Å². The highest BCUT2D eigenvalue weighted by Gasteiger charge is 2.42. The maximum Gasteiger partial charge on any atom is 0.471 e. The lowest BCUT2D eigenvalue weighted by atomic mass is 9.86. The normalized spacial score (nSPS) is 15.4. The molecule has 1 unspecified atom stereocenters. The summed E-state index contributed by atoms with van der Waals surface area (Å²) < 4.78 is 50.1. The Morgan fingerprint density at radius 3 is 2.06 bits per heavy atom. The van der Waals surface area contributed by atoms with Crippen molar-refractivity contribution in [2.75, 3.05) is 0 Å². The maximum absolute atomic E-state index is 12.9. The molecule has 8 heteroatoms. The third kappa shape index (κ3) is 5.39. The Labute approximate surface area is 194 Å². The van der Waals surface area contributed by atoms with Crippen LogP contribution in [-0.2, 0) is 24.4 Å². The number of hydrogen-bond acceptors (Lipinski definition) is 4. The molecular weight excluding hydrogens is 447 g/mol. The van der Waals surface area contributed by atoms with Crippen molar-refractivity contribution < 1.29 is 32.2 Å². The van der Waals surface area contributed by atoms with Gasteiger partial charge in [0, 0.05) is 11.1 Å². The van der Waals surface area contributed by atoms with Gasteiger partial charge in [0.1, 0.15) is 13.2 Å². The number of benzene rings is 3. The molecule has 3 aromatic carbocycles. The van der Waals surface area contributed by atoms with E-state index >= 15 is 0 Å². The highest BCUT2D eigenvalue weighted by atomic mass is 19.4. The average Bonchev–Trinajstić information content (AvgIpc) is 2.84. The average molecular weight is 469 g/mol. The SMILES string of the molecule is O=C1c2ccc(OCc3ccccc3)c(OCc3ccccc3)c2CCC1NC(=O)C(F)(F)F. The molecule has 176 valence electrons. The lowest BCUT2D eigenvalue weighted by Gasteiger charge is -2.27. The van der Waals surface area contributed by atoms with Crippen LogP contribution in [-0.4, -0.2) is 23.9 Å². The lowest BCUT2D eigenvalue weighted by Crippen LogP contribution is -2.48. The summed E-state index contributed by atoms with van der Waals surface area (Å²) >= 11 is 0. The molecule has 0 spiro atoms. The van der Waals surface area contributed by atoms with Crippen LogP contribution in [0.25, 0.3) is 0 Å². The van der Waals surface area contributed by atoms with Crippen LogP contribution < -0.4 is 14.8 Å². The molecule has 34 heavy (non-hydrogen) atoms. The lowest BCUT2D eigenvalue weighted by molar-refractivity contribution is -0.174. The van der Waals surface area contributed by atoms with Gasteiger partial charge in [-0.25, -0.2) is 0 Å². The predicted molar refractivity (Wildman–Crippen MR) is 119 cm³/mol. The fraction of sp³-hybridized carbons (Fsp3) is 0.231. The Bertz CT molecular complexity index is 1160. The van der Waals surface area contributed by atoms with Crippen LogP contribution in [0.1, 0.15) is 33.5 Å². The van der Waals surface area contributed by atoms with E-state index in [9.17, 15) is 22.8 Å². The number of alkyl halides is 3. The highest BCUT2D eigenvalue weighted by molar-refractivity contribution is 6.05. The molecule has 3 aromatic rings. The number of fused-ring (bicyclic) bond motifs is 1. The number of carbonyl (C=O) groups is 2. The second-order valence-electron chi connectivity index (χ2n) is 7.89. The van der Waals surface area contributed by atoms with Crippen molar-refractivity contribution in [2.24, 2.45) is 0 Å². The number of rotatable bonds is 7. The van der Waals surface area contributed by atoms with Crippen molar-refractivity contribution in [3.05, 3.63) is 95.1 Å². The zero-order chi connectivity index (χ0) is 24.1. The molecule has 0 aromatic heterocycles. The van der Waals surface area contributed by atoms with Crippen LogP contribution in [0, 0.1) is 0 Å². The zero-order valence-electron chi connectivity index (χ0n) is 18.1. The molecule has 0 fully saturated rings. The summed E-state index contributed by atoms with van der Waals surface area (Å²) in [7, 11) is 0. The first kappa shape index (κ1) is 23.4. The highest BCUT2D eigenvalue weighted by Crippen LogP contribution is 2.39.